The van der Waals surface area contributed by atoms with Gasteiger partial charge in [-0.1, -0.05) is 29.8 Å². The van der Waals surface area contributed by atoms with Crippen LogP contribution in [0.15, 0.2) is 42.6 Å². The molecule has 1 N–H and O–H groups in total. The highest BCUT2D eigenvalue weighted by atomic mass is 35.5. The predicted octanol–water partition coefficient (Wildman–Crippen LogP) is 3.34. The SMILES string of the molecule is C/C(=C\C(=O)N1CCC(c2ccnn2CCO)CC1)c1ccccc1Cl. The number of amides is 1. The van der Waals surface area contributed by atoms with Gasteiger partial charge in [0, 0.05) is 42.0 Å². The number of benzene rings is 1. The Kier molecular flexibility index (Phi) is 6.12. The van der Waals surface area contributed by atoms with E-state index in [9.17, 15) is 4.79 Å². The highest BCUT2D eigenvalue weighted by molar-refractivity contribution is 6.32. The molecule has 1 aliphatic rings. The molecule has 1 saturated heterocycles. The van der Waals surface area contributed by atoms with E-state index in [4.69, 9.17) is 16.7 Å². The van der Waals surface area contributed by atoms with E-state index < -0.39 is 0 Å². The summed E-state index contributed by atoms with van der Waals surface area (Å²) >= 11 is 6.21. The van der Waals surface area contributed by atoms with Crippen LogP contribution < -0.4 is 0 Å². The first kappa shape index (κ1) is 18.7. The Morgan fingerprint density at radius 2 is 2.04 bits per heavy atom. The first-order valence-electron chi connectivity index (χ1n) is 8.95. The van der Waals surface area contributed by atoms with Crippen LogP contribution in [0, 0.1) is 0 Å². The smallest absolute Gasteiger partial charge is 0.246 e. The van der Waals surface area contributed by atoms with Crippen LogP contribution in [0.5, 0.6) is 0 Å². The van der Waals surface area contributed by atoms with Gasteiger partial charge < -0.3 is 10.0 Å². The number of hydrogen-bond donors (Lipinski definition) is 1. The van der Waals surface area contributed by atoms with Crippen molar-refractivity contribution in [2.75, 3.05) is 19.7 Å². The summed E-state index contributed by atoms with van der Waals surface area (Å²) in [6.07, 6.45) is 5.26. The number of allylic oxidation sites excluding steroid dienone is 1. The molecule has 1 aromatic carbocycles. The van der Waals surface area contributed by atoms with Crippen LogP contribution in [-0.2, 0) is 11.3 Å². The molecule has 0 bridgehead atoms. The van der Waals surface area contributed by atoms with Crippen molar-refractivity contribution in [3.8, 4) is 0 Å². The van der Waals surface area contributed by atoms with Crippen molar-refractivity contribution in [3.63, 3.8) is 0 Å². The number of likely N-dealkylation sites (tertiary alicyclic amines) is 1. The fraction of sp³-hybridized carbons (Fsp3) is 0.400. The maximum absolute atomic E-state index is 12.6. The fourth-order valence-electron chi connectivity index (χ4n) is 3.50. The van der Waals surface area contributed by atoms with E-state index in [0.29, 0.717) is 17.5 Å². The zero-order valence-corrected chi connectivity index (χ0v) is 15.7. The van der Waals surface area contributed by atoms with Crippen LogP contribution in [0.3, 0.4) is 0 Å². The number of aliphatic hydroxyl groups excluding tert-OH is 1. The molecule has 5 nitrogen and oxygen atoms in total. The largest absolute Gasteiger partial charge is 0.394 e. The number of aliphatic hydroxyl groups is 1. The number of aromatic nitrogens is 2. The quantitative estimate of drug-likeness (QED) is 0.818. The minimum atomic E-state index is 0.0322. The van der Waals surface area contributed by atoms with Gasteiger partial charge in [0.25, 0.3) is 0 Å². The third-order valence-electron chi connectivity index (χ3n) is 4.92. The Hall–Kier alpha value is -2.11. The third kappa shape index (κ3) is 4.17. The van der Waals surface area contributed by atoms with Crippen molar-refractivity contribution in [2.45, 2.75) is 32.2 Å². The van der Waals surface area contributed by atoms with E-state index >= 15 is 0 Å². The lowest BCUT2D eigenvalue weighted by Crippen LogP contribution is -2.37. The molecule has 6 heteroatoms. The fourth-order valence-corrected chi connectivity index (χ4v) is 3.79. The van der Waals surface area contributed by atoms with Crippen molar-refractivity contribution in [2.24, 2.45) is 0 Å². The molecule has 0 atom stereocenters. The predicted molar refractivity (Wildman–Crippen MR) is 103 cm³/mol. The summed E-state index contributed by atoms with van der Waals surface area (Å²) in [5.41, 5.74) is 2.92. The van der Waals surface area contributed by atoms with Crippen LogP contribution >= 0.6 is 11.6 Å². The average molecular weight is 374 g/mol. The van der Waals surface area contributed by atoms with Crippen molar-refractivity contribution < 1.29 is 9.90 Å². The first-order valence-corrected chi connectivity index (χ1v) is 9.32. The number of halogens is 1. The lowest BCUT2D eigenvalue weighted by atomic mass is 9.93. The van der Waals surface area contributed by atoms with E-state index in [-0.39, 0.29) is 12.5 Å². The Bertz CT molecular complexity index is 792. The topological polar surface area (TPSA) is 58.4 Å². The first-order chi connectivity index (χ1) is 12.6. The Labute approximate surface area is 158 Å². The van der Waals surface area contributed by atoms with E-state index in [1.54, 1.807) is 12.3 Å². The van der Waals surface area contributed by atoms with Gasteiger partial charge in [-0.25, -0.2) is 0 Å². The zero-order chi connectivity index (χ0) is 18.5. The van der Waals surface area contributed by atoms with Gasteiger partial charge in [0.2, 0.25) is 5.91 Å². The molecule has 3 rings (SSSR count). The Morgan fingerprint density at radius 3 is 2.73 bits per heavy atom. The van der Waals surface area contributed by atoms with Gasteiger partial charge >= 0.3 is 0 Å². The molecule has 0 radical (unpaired) electrons. The van der Waals surface area contributed by atoms with Crippen molar-refractivity contribution in [1.29, 1.82) is 0 Å². The summed E-state index contributed by atoms with van der Waals surface area (Å²) in [6, 6.07) is 9.58. The summed E-state index contributed by atoms with van der Waals surface area (Å²) in [5.74, 6) is 0.409. The number of carbonyl (C=O) groups is 1. The second-order valence-corrected chi connectivity index (χ2v) is 7.02. The summed E-state index contributed by atoms with van der Waals surface area (Å²) in [5, 5.41) is 14.1. The molecule has 0 unspecified atom stereocenters. The van der Waals surface area contributed by atoms with Gasteiger partial charge in [0.05, 0.1) is 13.2 Å². The number of carbonyl (C=O) groups excluding carboxylic acids is 1. The van der Waals surface area contributed by atoms with E-state index in [0.717, 1.165) is 42.8 Å². The second-order valence-electron chi connectivity index (χ2n) is 6.61. The molecular weight excluding hydrogens is 350 g/mol. The molecular formula is C20H24ClN3O2. The summed E-state index contributed by atoms with van der Waals surface area (Å²) < 4.78 is 1.86. The molecule has 1 fully saturated rings. The van der Waals surface area contributed by atoms with E-state index in [1.165, 1.54) is 0 Å². The van der Waals surface area contributed by atoms with Crippen molar-refractivity contribution in [1.82, 2.24) is 14.7 Å². The number of nitrogens with zero attached hydrogens (tertiary/aromatic N) is 3. The molecule has 0 aliphatic carbocycles. The van der Waals surface area contributed by atoms with Gasteiger partial charge in [0.1, 0.15) is 0 Å². The maximum Gasteiger partial charge on any atom is 0.246 e. The molecule has 2 aromatic rings. The summed E-state index contributed by atoms with van der Waals surface area (Å²) in [6.45, 7) is 3.96. The number of rotatable bonds is 5. The molecule has 1 aliphatic heterocycles. The van der Waals surface area contributed by atoms with E-state index in [2.05, 4.69) is 5.10 Å². The normalized spacial score (nSPS) is 16.1. The zero-order valence-electron chi connectivity index (χ0n) is 14.9. The molecule has 138 valence electrons. The second kappa shape index (κ2) is 8.52. The molecule has 1 amide bonds. The van der Waals surface area contributed by atoms with Crippen LogP contribution in [0.2, 0.25) is 5.02 Å². The molecule has 1 aromatic heterocycles. The lowest BCUT2D eigenvalue weighted by Gasteiger charge is -2.31. The average Bonchev–Trinajstić information content (AvgIpc) is 3.10. The lowest BCUT2D eigenvalue weighted by molar-refractivity contribution is -0.127. The van der Waals surface area contributed by atoms with Gasteiger partial charge in [-0.2, -0.15) is 5.10 Å². The van der Waals surface area contributed by atoms with Gasteiger partial charge in [0.15, 0.2) is 0 Å². The standard InChI is InChI=1S/C20H24ClN3O2/c1-15(17-4-2-3-5-18(17)21)14-20(26)23-10-7-16(8-11-23)19-6-9-22-24(19)12-13-25/h2-6,9,14,16,25H,7-8,10-13H2,1H3/b15-14+. The maximum atomic E-state index is 12.6. The molecule has 0 spiro atoms. The minimum absolute atomic E-state index is 0.0322. The van der Waals surface area contributed by atoms with Crippen LogP contribution in [-0.4, -0.2) is 45.4 Å². The minimum Gasteiger partial charge on any atom is -0.394 e. The van der Waals surface area contributed by atoms with Crippen LogP contribution in [0.1, 0.15) is 36.9 Å². The van der Waals surface area contributed by atoms with Crippen molar-refractivity contribution in [3.05, 3.63) is 58.9 Å². The monoisotopic (exact) mass is 373 g/mol. The number of piperidine rings is 1. The highest BCUT2D eigenvalue weighted by Gasteiger charge is 2.25. The van der Waals surface area contributed by atoms with Crippen LogP contribution in [0.4, 0.5) is 0 Å². The van der Waals surface area contributed by atoms with Gasteiger partial charge in [-0.05, 0) is 43.0 Å². The van der Waals surface area contributed by atoms with Crippen LogP contribution in [0.25, 0.3) is 5.57 Å². The number of hydrogen-bond acceptors (Lipinski definition) is 3. The van der Waals surface area contributed by atoms with Crippen molar-refractivity contribution >= 4 is 23.1 Å². The third-order valence-corrected chi connectivity index (χ3v) is 5.25. The molecule has 26 heavy (non-hydrogen) atoms. The Balaban J connectivity index is 1.62. The van der Waals surface area contributed by atoms with Gasteiger partial charge in [-0.15, -0.1) is 0 Å². The molecule has 0 saturated carbocycles. The van der Waals surface area contributed by atoms with E-state index in [1.807, 2.05) is 46.8 Å². The summed E-state index contributed by atoms with van der Waals surface area (Å²) in [4.78, 5) is 14.5. The van der Waals surface area contributed by atoms with Gasteiger partial charge in [-0.3, -0.25) is 9.48 Å². The highest BCUT2D eigenvalue weighted by Crippen LogP contribution is 2.29. The summed E-state index contributed by atoms with van der Waals surface area (Å²) in [7, 11) is 0. The molecule has 2 heterocycles. The Morgan fingerprint density at radius 1 is 1.31 bits per heavy atom.